The summed E-state index contributed by atoms with van der Waals surface area (Å²) in [7, 11) is 0. The third-order valence-corrected chi connectivity index (χ3v) is 6.88. The number of thioether (sulfide) groups is 1. The quantitative estimate of drug-likeness (QED) is 0.765. The third-order valence-electron chi connectivity index (χ3n) is 5.89. The number of carbonyl (C=O) groups excluding carboxylic acids is 1. The van der Waals surface area contributed by atoms with Crippen molar-refractivity contribution in [3.8, 4) is 0 Å². The lowest BCUT2D eigenvalue weighted by molar-refractivity contribution is -0.129. The maximum atomic E-state index is 12.8. The summed E-state index contributed by atoms with van der Waals surface area (Å²) in [5.74, 6) is 4.29. The van der Waals surface area contributed by atoms with E-state index in [9.17, 15) is 4.79 Å². The van der Waals surface area contributed by atoms with E-state index >= 15 is 0 Å². The molecule has 0 aliphatic carbocycles. The second kappa shape index (κ2) is 9.12. The molecule has 1 amide bonds. The van der Waals surface area contributed by atoms with Crippen LogP contribution in [0.3, 0.4) is 0 Å². The summed E-state index contributed by atoms with van der Waals surface area (Å²) in [4.78, 5) is 14.8. The van der Waals surface area contributed by atoms with Crippen molar-refractivity contribution >= 4 is 17.7 Å². The highest BCUT2D eigenvalue weighted by Gasteiger charge is 2.29. The fourth-order valence-electron chi connectivity index (χ4n) is 4.26. The number of benzene rings is 1. The highest BCUT2D eigenvalue weighted by atomic mass is 32.2. The molecule has 28 heavy (non-hydrogen) atoms. The minimum absolute atomic E-state index is 0.261. The second-order valence-corrected chi connectivity index (χ2v) is 9.08. The topological polar surface area (TPSA) is 51.0 Å². The monoisotopic (exact) mass is 398 g/mol. The van der Waals surface area contributed by atoms with Gasteiger partial charge in [0, 0.05) is 37.7 Å². The van der Waals surface area contributed by atoms with Gasteiger partial charge in [-0.15, -0.1) is 22.0 Å². The van der Waals surface area contributed by atoms with Crippen molar-refractivity contribution in [3.05, 3.63) is 47.0 Å². The largest absolute Gasteiger partial charge is 0.341 e. The van der Waals surface area contributed by atoms with Crippen molar-refractivity contribution in [1.29, 1.82) is 0 Å². The van der Waals surface area contributed by atoms with Crippen LogP contribution in [0.15, 0.2) is 24.3 Å². The highest BCUT2D eigenvalue weighted by molar-refractivity contribution is 7.99. The summed E-state index contributed by atoms with van der Waals surface area (Å²) < 4.78 is 2.35. The number of likely N-dealkylation sites (tertiary alicyclic amines) is 1. The molecule has 150 valence electrons. The Morgan fingerprint density at radius 1 is 1.11 bits per heavy atom. The van der Waals surface area contributed by atoms with Gasteiger partial charge < -0.3 is 9.47 Å². The maximum absolute atomic E-state index is 12.8. The van der Waals surface area contributed by atoms with Gasteiger partial charge in [0.1, 0.15) is 11.6 Å². The van der Waals surface area contributed by atoms with Crippen LogP contribution in [0.25, 0.3) is 0 Å². The van der Waals surface area contributed by atoms with Crippen LogP contribution < -0.4 is 0 Å². The lowest BCUT2D eigenvalue weighted by Crippen LogP contribution is -2.40. The van der Waals surface area contributed by atoms with Gasteiger partial charge in [-0.25, -0.2) is 0 Å². The van der Waals surface area contributed by atoms with Crippen molar-refractivity contribution in [2.24, 2.45) is 0 Å². The van der Waals surface area contributed by atoms with Gasteiger partial charge in [-0.05, 0) is 38.2 Å². The predicted octanol–water partition coefficient (Wildman–Crippen LogP) is 3.95. The molecule has 6 heteroatoms. The average molecular weight is 399 g/mol. The summed E-state index contributed by atoms with van der Waals surface area (Å²) >= 11 is 1.71. The van der Waals surface area contributed by atoms with Crippen LogP contribution in [0, 0.1) is 6.92 Å². The van der Waals surface area contributed by atoms with E-state index in [1.54, 1.807) is 11.8 Å². The Kier molecular flexibility index (Phi) is 6.35. The minimum Gasteiger partial charge on any atom is -0.341 e. The van der Waals surface area contributed by atoms with Gasteiger partial charge in [-0.1, -0.05) is 36.2 Å². The van der Waals surface area contributed by atoms with Crippen LogP contribution in [0.1, 0.15) is 60.8 Å². The first-order valence-electron chi connectivity index (χ1n) is 10.5. The zero-order valence-corrected chi connectivity index (χ0v) is 17.6. The van der Waals surface area contributed by atoms with Crippen molar-refractivity contribution in [2.45, 2.75) is 63.7 Å². The van der Waals surface area contributed by atoms with Crippen LogP contribution in [0.5, 0.6) is 0 Å². The Labute approximate surface area is 171 Å². The van der Waals surface area contributed by atoms with Gasteiger partial charge >= 0.3 is 0 Å². The molecule has 1 atom stereocenters. The summed E-state index contributed by atoms with van der Waals surface area (Å²) in [6.07, 6.45) is 6.91. The van der Waals surface area contributed by atoms with Gasteiger partial charge in [0.15, 0.2) is 0 Å². The van der Waals surface area contributed by atoms with Crippen LogP contribution in [0.2, 0.25) is 0 Å². The normalized spacial score (nSPS) is 19.9. The number of hydrogen-bond donors (Lipinski definition) is 0. The number of carbonyl (C=O) groups is 1. The average Bonchev–Trinajstić information content (AvgIpc) is 2.98. The van der Waals surface area contributed by atoms with Crippen LogP contribution >= 0.6 is 11.8 Å². The first kappa shape index (κ1) is 19.5. The summed E-state index contributed by atoms with van der Waals surface area (Å²) in [5, 5.41) is 8.99. The first-order valence-corrected chi connectivity index (χ1v) is 11.7. The number of amides is 1. The molecule has 1 fully saturated rings. The fourth-order valence-corrected chi connectivity index (χ4v) is 5.14. The van der Waals surface area contributed by atoms with E-state index in [1.165, 1.54) is 30.4 Å². The van der Waals surface area contributed by atoms with E-state index < -0.39 is 0 Å². The Balaban J connectivity index is 1.32. The van der Waals surface area contributed by atoms with Crippen LogP contribution in [-0.4, -0.2) is 44.4 Å². The van der Waals surface area contributed by atoms with E-state index in [2.05, 4.69) is 50.9 Å². The Bertz CT molecular complexity index is 801. The predicted molar refractivity (Wildman–Crippen MR) is 113 cm³/mol. The number of piperidine rings is 1. The number of hydrogen-bond acceptors (Lipinski definition) is 4. The molecule has 0 spiro atoms. The lowest BCUT2D eigenvalue weighted by atomic mass is 9.97. The molecule has 1 saturated heterocycles. The molecule has 0 saturated carbocycles. The summed E-state index contributed by atoms with van der Waals surface area (Å²) in [6.45, 7) is 4.81. The van der Waals surface area contributed by atoms with Crippen molar-refractivity contribution in [3.63, 3.8) is 0 Å². The number of rotatable bonds is 5. The van der Waals surface area contributed by atoms with E-state index in [-0.39, 0.29) is 5.91 Å². The summed E-state index contributed by atoms with van der Waals surface area (Å²) in [6, 6.07) is 8.57. The van der Waals surface area contributed by atoms with Crippen molar-refractivity contribution in [2.75, 3.05) is 18.8 Å². The van der Waals surface area contributed by atoms with E-state index in [1.807, 2.05) is 0 Å². The molecule has 0 radical (unpaired) electrons. The molecule has 2 aliphatic rings. The molecular weight excluding hydrogens is 368 g/mol. The number of fused-ring (bicyclic) bond motifs is 1. The Morgan fingerprint density at radius 3 is 2.82 bits per heavy atom. The number of aromatic nitrogens is 3. The van der Waals surface area contributed by atoms with Crippen molar-refractivity contribution < 1.29 is 4.79 Å². The van der Waals surface area contributed by atoms with Gasteiger partial charge in [-0.2, -0.15) is 0 Å². The zero-order chi connectivity index (χ0) is 19.3. The van der Waals surface area contributed by atoms with E-state index in [0.717, 1.165) is 56.3 Å². The van der Waals surface area contributed by atoms with Gasteiger partial charge in [0.2, 0.25) is 5.91 Å². The van der Waals surface area contributed by atoms with Gasteiger partial charge in [-0.3, -0.25) is 4.79 Å². The highest BCUT2D eigenvalue weighted by Crippen LogP contribution is 2.28. The molecule has 1 unspecified atom stereocenters. The molecule has 0 N–H and O–H groups in total. The first-order chi connectivity index (χ1) is 13.7. The SMILES string of the molecule is Cc1ccc(CSCC(=O)N2CCCC(c3nnc4n3CCCCC4)C2)cc1. The van der Waals surface area contributed by atoms with E-state index in [4.69, 9.17) is 0 Å². The maximum Gasteiger partial charge on any atom is 0.232 e. The molecule has 5 nitrogen and oxygen atoms in total. The van der Waals surface area contributed by atoms with Gasteiger partial charge in [0.25, 0.3) is 0 Å². The Morgan fingerprint density at radius 2 is 1.96 bits per heavy atom. The molecule has 2 aliphatic heterocycles. The molecule has 1 aromatic heterocycles. The fraction of sp³-hybridized carbons (Fsp3) is 0.591. The zero-order valence-electron chi connectivity index (χ0n) is 16.8. The summed E-state index contributed by atoms with van der Waals surface area (Å²) in [5.41, 5.74) is 2.56. The van der Waals surface area contributed by atoms with Gasteiger partial charge in [0.05, 0.1) is 5.75 Å². The molecule has 2 aromatic rings. The smallest absolute Gasteiger partial charge is 0.232 e. The standard InChI is InChI=1S/C22H30N4OS/c1-17-8-10-18(11-9-17)15-28-16-21(27)25-12-5-6-19(14-25)22-24-23-20-7-3-2-4-13-26(20)22/h8-11,19H,2-7,12-16H2,1H3. The number of aryl methyl sites for hydroxylation is 2. The third kappa shape index (κ3) is 4.59. The van der Waals surface area contributed by atoms with Crippen LogP contribution in [-0.2, 0) is 23.5 Å². The second-order valence-electron chi connectivity index (χ2n) is 8.09. The molecule has 1 aromatic carbocycles. The Hall–Kier alpha value is -1.82. The molecule has 0 bridgehead atoms. The minimum atomic E-state index is 0.261. The number of nitrogens with zero attached hydrogens (tertiary/aromatic N) is 4. The van der Waals surface area contributed by atoms with Crippen LogP contribution in [0.4, 0.5) is 0 Å². The van der Waals surface area contributed by atoms with E-state index in [0.29, 0.717) is 11.7 Å². The molecule has 4 rings (SSSR count). The molecular formula is C22H30N4OS. The van der Waals surface area contributed by atoms with Crippen molar-refractivity contribution in [1.82, 2.24) is 19.7 Å². The lowest BCUT2D eigenvalue weighted by Gasteiger charge is -2.32. The molecule has 3 heterocycles.